The number of rotatable bonds is 6. The summed E-state index contributed by atoms with van der Waals surface area (Å²) in [5.74, 6) is -0.622. The molecular weight excluding hydrogens is 817 g/mol. The molecule has 6 N–H and O–H groups in total. The van der Waals surface area contributed by atoms with Crippen LogP contribution in [0.15, 0.2) is 64.6 Å². The quantitative estimate of drug-likeness (QED) is 0.136. The predicted molar refractivity (Wildman–Crippen MR) is 217 cm³/mol. The van der Waals surface area contributed by atoms with Gasteiger partial charge in [0.2, 0.25) is 5.17 Å². The number of hydrogen-bond acceptors (Lipinski definition) is 9. The molecule has 0 aromatic heterocycles. The van der Waals surface area contributed by atoms with Crippen LogP contribution in [-0.4, -0.2) is 73.0 Å². The molecule has 0 saturated carbocycles. The van der Waals surface area contributed by atoms with Crippen LogP contribution < -0.4 is 40.5 Å². The molecule has 21 heteroatoms. The fourth-order valence-corrected chi connectivity index (χ4v) is 13.4. The number of guanidine groups is 1. The monoisotopic (exact) mass is 861 g/mol. The average Bonchev–Trinajstić information content (AvgIpc) is 3.80. The molecule has 5 rings (SSSR count). The van der Waals surface area contributed by atoms with E-state index in [1.807, 2.05) is 0 Å². The van der Waals surface area contributed by atoms with E-state index in [2.05, 4.69) is 65.2 Å². The van der Waals surface area contributed by atoms with Gasteiger partial charge in [0, 0.05) is 31.7 Å². The van der Waals surface area contributed by atoms with Crippen molar-refractivity contribution in [3.05, 3.63) is 108 Å². The summed E-state index contributed by atoms with van der Waals surface area (Å²) in [4.78, 5) is 17.8. The Hall–Kier alpha value is -2.41. The average molecular weight is 863 g/mol. The van der Waals surface area contributed by atoms with E-state index in [0.29, 0.717) is 31.5 Å². The second kappa shape index (κ2) is 25.0. The first-order chi connectivity index (χ1) is 24.6. The predicted octanol–water partition coefficient (Wildman–Crippen LogP) is 4.62. The van der Waals surface area contributed by atoms with Gasteiger partial charge in [0.25, 0.3) is 0 Å². The Bertz CT molecular complexity index is 1810. The van der Waals surface area contributed by atoms with Crippen molar-refractivity contribution in [2.75, 3.05) is 26.2 Å². The maximum Gasteiger partial charge on any atom is 1.00 e. The van der Waals surface area contributed by atoms with Crippen LogP contribution in [0.1, 0.15) is 21.5 Å². The normalized spacial score (nSPS) is 13.1. The molecular formula is C33H46Cl3F3LiN7O4SSi2. The minimum atomic E-state index is -4.06. The number of benzene rings is 3. The van der Waals surface area contributed by atoms with Gasteiger partial charge in [-0.05, 0) is 35.4 Å². The summed E-state index contributed by atoms with van der Waals surface area (Å²) < 4.78 is 71.6. The van der Waals surface area contributed by atoms with Crippen molar-refractivity contribution in [2.45, 2.75) is 52.4 Å². The van der Waals surface area contributed by atoms with Crippen molar-refractivity contribution in [1.82, 2.24) is 16.0 Å². The van der Waals surface area contributed by atoms with Gasteiger partial charge in [-0.1, -0.05) is 121 Å². The van der Waals surface area contributed by atoms with Crippen LogP contribution in [0.4, 0.5) is 13.2 Å². The SMILES string of the molecule is C[Si](C)(C)[N-][Si](C)(C)C.Fc1cccc(CNC2=NCCN2)c1Cl.NCc1cccc(F)c1Cl.O=Cc1cccc(F)c1Cl.O=S(=O)(O)C1=NCCN1.[Li+]. The number of aldehydes is 1. The Kier molecular flexibility index (Phi) is 23.9. The summed E-state index contributed by atoms with van der Waals surface area (Å²) in [5.41, 5.74) is 6.82. The number of nitrogens with two attached hydrogens (primary N) is 1. The van der Waals surface area contributed by atoms with E-state index >= 15 is 0 Å². The summed E-state index contributed by atoms with van der Waals surface area (Å²) in [6, 6.07) is 13.5. The molecule has 2 aliphatic heterocycles. The topological polar surface area (TPSA) is 172 Å². The van der Waals surface area contributed by atoms with Gasteiger partial charge in [-0.2, -0.15) is 8.42 Å². The third-order valence-electron chi connectivity index (χ3n) is 6.07. The number of aliphatic imine (C=N–C) groups is 2. The second-order valence-electron chi connectivity index (χ2n) is 12.9. The zero-order valence-electron chi connectivity index (χ0n) is 31.3. The first-order valence-corrected chi connectivity index (χ1v) is 25.5. The first-order valence-electron chi connectivity index (χ1n) is 16.1. The summed E-state index contributed by atoms with van der Waals surface area (Å²) in [6.45, 7) is 17.0. The Balaban J connectivity index is 0.000000659. The van der Waals surface area contributed by atoms with Crippen molar-refractivity contribution in [1.29, 1.82) is 0 Å². The maximum absolute atomic E-state index is 13.1. The number of halogens is 6. The van der Waals surface area contributed by atoms with Crippen molar-refractivity contribution >= 4 is 78.8 Å². The van der Waals surface area contributed by atoms with Gasteiger partial charge in [-0.15, -0.1) is 0 Å². The Morgan fingerprint density at radius 1 is 0.815 bits per heavy atom. The zero-order valence-corrected chi connectivity index (χ0v) is 36.4. The van der Waals surface area contributed by atoms with E-state index in [-0.39, 0.29) is 51.2 Å². The molecule has 2 aliphatic rings. The largest absolute Gasteiger partial charge is 1.00 e. The van der Waals surface area contributed by atoms with Gasteiger partial charge < -0.3 is 26.3 Å². The molecule has 0 aliphatic carbocycles. The molecule has 0 saturated heterocycles. The van der Waals surface area contributed by atoms with E-state index in [9.17, 15) is 26.4 Å². The molecule has 294 valence electrons. The van der Waals surface area contributed by atoms with Crippen LogP contribution in [0.5, 0.6) is 0 Å². The Morgan fingerprint density at radius 2 is 1.28 bits per heavy atom. The molecule has 0 bridgehead atoms. The number of carbonyl (C=O) groups is 1. The smallest absolute Gasteiger partial charge is 0.668 e. The van der Waals surface area contributed by atoms with Gasteiger partial charge >= 0.3 is 29.0 Å². The van der Waals surface area contributed by atoms with E-state index in [0.717, 1.165) is 24.6 Å². The number of amidine groups is 1. The fourth-order valence-electron chi connectivity index (χ4n) is 4.25. The Morgan fingerprint density at radius 3 is 1.63 bits per heavy atom. The molecule has 2 heterocycles. The van der Waals surface area contributed by atoms with E-state index < -0.39 is 44.0 Å². The minimum absolute atomic E-state index is 0. The van der Waals surface area contributed by atoms with Crippen molar-refractivity contribution in [3.63, 3.8) is 0 Å². The van der Waals surface area contributed by atoms with Crippen LogP contribution in [0.25, 0.3) is 4.65 Å². The Labute approximate surface area is 345 Å². The standard InChI is InChI=1S/C10H11ClFN3.C7H7ClFN.C7H4ClFO.C6H18NSi2.C3H6N2O3S.Li/c11-9-7(2-1-3-8(9)12)6-15-10-13-4-5-14-10;2*8-7-5(4-10)2-1-3-6(7)9;1-8(2,3)7-9(4,5)6;6-9(7,8)3-4-1-2-5-3;/h1-3H,4-6H2,(H2,13,14,15);1-3H,4,10H2;1-4H;1-6H3;1-2H2,(H,4,5)(H,6,7,8);/q;;;-1;;+1. The summed E-state index contributed by atoms with van der Waals surface area (Å²) in [6.07, 6.45) is 0.519. The van der Waals surface area contributed by atoms with E-state index in [4.69, 9.17) is 49.7 Å². The van der Waals surface area contributed by atoms with Gasteiger partial charge in [-0.3, -0.25) is 19.3 Å². The van der Waals surface area contributed by atoms with Gasteiger partial charge in [-0.25, -0.2) is 13.2 Å². The van der Waals surface area contributed by atoms with Crippen LogP contribution in [0, 0.1) is 17.5 Å². The third-order valence-corrected chi connectivity index (χ3v) is 13.4. The van der Waals surface area contributed by atoms with Crippen molar-refractivity contribution in [3.8, 4) is 0 Å². The molecule has 3 aromatic rings. The van der Waals surface area contributed by atoms with Gasteiger partial charge in [0.1, 0.15) is 17.5 Å². The molecule has 0 atom stereocenters. The van der Waals surface area contributed by atoms with Crippen molar-refractivity contribution < 1.29 is 49.8 Å². The molecule has 0 radical (unpaired) electrons. The van der Waals surface area contributed by atoms with E-state index in [1.165, 1.54) is 30.3 Å². The number of hydrogen-bond donors (Lipinski definition) is 5. The van der Waals surface area contributed by atoms with Gasteiger partial charge in [0.05, 0.1) is 28.2 Å². The second-order valence-corrected chi connectivity index (χ2v) is 25.0. The number of nitrogens with zero attached hydrogens (tertiary/aromatic N) is 3. The zero-order chi connectivity index (χ0) is 40.4. The molecule has 0 fully saturated rings. The number of carbonyl (C=O) groups excluding carboxylic acids is 1. The molecule has 0 unspecified atom stereocenters. The molecule has 0 spiro atoms. The maximum atomic E-state index is 13.1. The first kappa shape index (κ1) is 51.6. The van der Waals surface area contributed by atoms with Crippen LogP contribution in [0.3, 0.4) is 0 Å². The summed E-state index contributed by atoms with van der Waals surface area (Å²) in [5, 5.41) is 8.39. The van der Waals surface area contributed by atoms with E-state index in [1.54, 1.807) is 24.3 Å². The van der Waals surface area contributed by atoms with Crippen LogP contribution in [-0.2, 0) is 23.2 Å². The van der Waals surface area contributed by atoms with Crippen LogP contribution in [0.2, 0.25) is 54.3 Å². The molecule has 3 aromatic carbocycles. The summed E-state index contributed by atoms with van der Waals surface area (Å²) >= 11 is 16.7. The molecule has 54 heavy (non-hydrogen) atoms. The fraction of sp³-hybridized carbons (Fsp3) is 0.364. The summed E-state index contributed by atoms with van der Waals surface area (Å²) in [7, 11) is -6.28. The van der Waals surface area contributed by atoms with Gasteiger partial charge in [0.15, 0.2) is 12.2 Å². The third kappa shape index (κ3) is 21.0. The van der Waals surface area contributed by atoms with Crippen molar-refractivity contribution in [2.24, 2.45) is 15.7 Å². The molecule has 0 amide bonds. The molecule has 11 nitrogen and oxygen atoms in total. The number of nitrogens with one attached hydrogen (secondary N) is 3. The minimum Gasteiger partial charge on any atom is -0.668 e. The van der Waals surface area contributed by atoms with Crippen LogP contribution >= 0.6 is 34.8 Å².